The first-order valence-electron chi connectivity index (χ1n) is 9.77. The minimum absolute atomic E-state index is 0.0303. The van der Waals surface area contributed by atoms with Gasteiger partial charge in [-0.1, -0.05) is 18.2 Å². The molecular formula is C24H23NO6S. The second-order valence-corrected chi connectivity index (χ2v) is 8.94. The first-order valence-corrected chi connectivity index (χ1v) is 11.2. The summed E-state index contributed by atoms with van der Waals surface area (Å²) in [6.07, 6.45) is -1.01. The first-order chi connectivity index (χ1) is 15.2. The molecule has 32 heavy (non-hydrogen) atoms. The number of hydrogen-bond donors (Lipinski definition) is 0. The summed E-state index contributed by atoms with van der Waals surface area (Å²) in [7, 11) is -0.813. The summed E-state index contributed by atoms with van der Waals surface area (Å²) >= 11 is 0. The molecule has 1 unspecified atom stereocenters. The van der Waals surface area contributed by atoms with Gasteiger partial charge in [0.25, 0.3) is 10.0 Å². The van der Waals surface area contributed by atoms with Crippen LogP contribution >= 0.6 is 0 Å². The van der Waals surface area contributed by atoms with Crippen molar-refractivity contribution in [3.05, 3.63) is 90.0 Å². The quantitative estimate of drug-likeness (QED) is 0.379. The van der Waals surface area contributed by atoms with Crippen LogP contribution < -0.4 is 9.04 Å². The number of anilines is 1. The fraction of sp³-hybridized carbons (Fsp3) is 0.167. The third-order valence-corrected chi connectivity index (χ3v) is 6.70. The van der Waals surface area contributed by atoms with Crippen LogP contribution in [-0.2, 0) is 14.8 Å². The smallest absolute Gasteiger partial charge is 0.338 e. The molecule has 0 amide bonds. The molecule has 7 nitrogen and oxygen atoms in total. The number of esters is 1. The van der Waals surface area contributed by atoms with E-state index in [0.717, 1.165) is 4.31 Å². The number of rotatable bonds is 8. The van der Waals surface area contributed by atoms with Crippen LogP contribution in [0.15, 0.2) is 83.8 Å². The minimum Gasteiger partial charge on any atom is -0.497 e. The topological polar surface area (TPSA) is 90.0 Å². The maximum absolute atomic E-state index is 12.8. The normalized spacial score (nSPS) is 12.0. The van der Waals surface area contributed by atoms with E-state index >= 15 is 0 Å². The fourth-order valence-electron chi connectivity index (χ4n) is 2.97. The number of carbonyl (C=O) groups is 2. The van der Waals surface area contributed by atoms with Crippen LogP contribution in [0.25, 0.3) is 0 Å². The summed E-state index contributed by atoms with van der Waals surface area (Å²) in [6, 6.07) is 20.5. The summed E-state index contributed by atoms with van der Waals surface area (Å²) < 4.78 is 37.2. The highest BCUT2D eigenvalue weighted by molar-refractivity contribution is 7.92. The van der Waals surface area contributed by atoms with E-state index in [4.69, 9.17) is 9.47 Å². The zero-order chi connectivity index (χ0) is 23.3. The van der Waals surface area contributed by atoms with Crippen LogP contribution in [-0.4, -0.2) is 40.4 Å². The molecule has 1 atom stereocenters. The zero-order valence-corrected chi connectivity index (χ0v) is 18.7. The Morgan fingerprint density at radius 1 is 0.844 bits per heavy atom. The number of ether oxygens (including phenoxy) is 2. The van der Waals surface area contributed by atoms with E-state index in [-0.39, 0.29) is 16.2 Å². The van der Waals surface area contributed by atoms with Gasteiger partial charge in [-0.05, 0) is 67.6 Å². The number of sulfonamides is 1. The van der Waals surface area contributed by atoms with Gasteiger partial charge in [0.2, 0.25) is 5.78 Å². The highest BCUT2D eigenvalue weighted by Gasteiger charge is 2.23. The van der Waals surface area contributed by atoms with Crippen LogP contribution in [0.1, 0.15) is 27.6 Å². The molecule has 0 heterocycles. The number of para-hydroxylation sites is 1. The molecule has 0 N–H and O–H groups in total. The van der Waals surface area contributed by atoms with E-state index in [9.17, 15) is 18.0 Å². The van der Waals surface area contributed by atoms with Crippen LogP contribution in [0.3, 0.4) is 0 Å². The van der Waals surface area contributed by atoms with Gasteiger partial charge in [0.15, 0.2) is 6.10 Å². The van der Waals surface area contributed by atoms with Crippen molar-refractivity contribution in [2.24, 2.45) is 0 Å². The summed E-state index contributed by atoms with van der Waals surface area (Å²) in [5.41, 5.74) is 1.04. The van der Waals surface area contributed by atoms with Gasteiger partial charge in [-0.25, -0.2) is 13.2 Å². The van der Waals surface area contributed by atoms with E-state index in [1.54, 1.807) is 54.6 Å². The third kappa shape index (κ3) is 4.97. The molecule has 0 saturated carbocycles. The Kier molecular flexibility index (Phi) is 6.95. The number of methoxy groups -OCH3 is 1. The van der Waals surface area contributed by atoms with Crippen molar-refractivity contribution in [3.8, 4) is 5.75 Å². The second-order valence-electron chi connectivity index (χ2n) is 6.97. The molecule has 0 aromatic heterocycles. The van der Waals surface area contributed by atoms with Gasteiger partial charge in [-0.2, -0.15) is 0 Å². The number of ketones is 1. The summed E-state index contributed by atoms with van der Waals surface area (Å²) in [6.45, 7) is 1.48. The van der Waals surface area contributed by atoms with Crippen molar-refractivity contribution in [2.75, 3.05) is 18.5 Å². The number of nitrogens with zero attached hydrogens (tertiary/aromatic N) is 1. The minimum atomic E-state index is -3.80. The van der Waals surface area contributed by atoms with Gasteiger partial charge in [0.05, 0.1) is 23.3 Å². The second kappa shape index (κ2) is 9.65. The summed E-state index contributed by atoms with van der Waals surface area (Å²) in [5, 5.41) is 0. The molecule has 0 fully saturated rings. The maximum Gasteiger partial charge on any atom is 0.338 e. The van der Waals surface area contributed by atoms with E-state index in [2.05, 4.69) is 0 Å². The molecule has 3 aromatic carbocycles. The molecule has 3 aromatic rings. The van der Waals surface area contributed by atoms with Gasteiger partial charge in [-0.3, -0.25) is 9.10 Å². The van der Waals surface area contributed by atoms with Crippen LogP contribution in [0.4, 0.5) is 5.69 Å². The SMILES string of the molecule is COc1ccc(C(=O)C(C)OC(=O)c2ccc(S(=O)(=O)N(C)c3ccccc3)cc2)cc1. The molecule has 0 bridgehead atoms. The highest BCUT2D eigenvalue weighted by Crippen LogP contribution is 2.22. The monoisotopic (exact) mass is 453 g/mol. The lowest BCUT2D eigenvalue weighted by atomic mass is 10.1. The highest BCUT2D eigenvalue weighted by atomic mass is 32.2. The van der Waals surface area contributed by atoms with E-state index < -0.39 is 22.1 Å². The Morgan fingerprint density at radius 2 is 1.41 bits per heavy atom. The Labute approximate surface area is 187 Å². The van der Waals surface area contributed by atoms with Crippen molar-refractivity contribution in [1.29, 1.82) is 0 Å². The molecule has 0 aliphatic heterocycles. The molecule has 0 saturated heterocycles. The molecule has 0 radical (unpaired) electrons. The van der Waals surface area contributed by atoms with E-state index in [0.29, 0.717) is 17.0 Å². The molecular weight excluding hydrogens is 430 g/mol. The molecule has 3 rings (SSSR count). The summed E-state index contributed by atoms with van der Waals surface area (Å²) in [5.74, 6) is -0.469. The fourth-order valence-corrected chi connectivity index (χ4v) is 4.17. The van der Waals surface area contributed by atoms with Crippen LogP contribution in [0.2, 0.25) is 0 Å². The van der Waals surface area contributed by atoms with Crippen LogP contribution in [0, 0.1) is 0 Å². The van der Waals surface area contributed by atoms with Crippen molar-refractivity contribution in [2.45, 2.75) is 17.9 Å². The molecule has 8 heteroatoms. The average Bonchev–Trinajstić information content (AvgIpc) is 2.83. The third-order valence-electron chi connectivity index (χ3n) is 4.90. The number of benzene rings is 3. The van der Waals surface area contributed by atoms with Crippen molar-refractivity contribution in [3.63, 3.8) is 0 Å². The lowest BCUT2D eigenvalue weighted by molar-refractivity contribution is 0.0318. The predicted molar refractivity (Wildman–Crippen MR) is 121 cm³/mol. The van der Waals surface area contributed by atoms with Gasteiger partial charge in [-0.15, -0.1) is 0 Å². The van der Waals surface area contributed by atoms with Gasteiger partial charge >= 0.3 is 5.97 Å². The zero-order valence-electron chi connectivity index (χ0n) is 17.9. The van der Waals surface area contributed by atoms with Crippen molar-refractivity contribution >= 4 is 27.5 Å². The molecule has 0 aliphatic carbocycles. The largest absolute Gasteiger partial charge is 0.497 e. The van der Waals surface area contributed by atoms with E-state index in [1.807, 2.05) is 0 Å². The van der Waals surface area contributed by atoms with Crippen molar-refractivity contribution in [1.82, 2.24) is 0 Å². The van der Waals surface area contributed by atoms with Crippen LogP contribution in [0.5, 0.6) is 5.75 Å². The Balaban J connectivity index is 1.69. The molecule has 0 spiro atoms. The summed E-state index contributed by atoms with van der Waals surface area (Å²) in [4.78, 5) is 25.0. The Morgan fingerprint density at radius 3 is 1.97 bits per heavy atom. The number of carbonyl (C=O) groups excluding carboxylic acids is 2. The maximum atomic E-state index is 12.8. The van der Waals surface area contributed by atoms with Gasteiger partial charge in [0, 0.05) is 12.6 Å². The Hall–Kier alpha value is -3.65. The van der Waals surface area contributed by atoms with Gasteiger partial charge in [0.1, 0.15) is 5.75 Å². The molecule has 0 aliphatic rings. The number of Topliss-reactive ketones (excluding diaryl/α,β-unsaturated/α-hetero) is 1. The number of hydrogen-bond acceptors (Lipinski definition) is 6. The standard InChI is InChI=1S/C24H23NO6S/c1-17(23(26)18-9-13-21(30-3)14-10-18)31-24(27)19-11-15-22(16-12-19)32(28,29)25(2)20-7-5-4-6-8-20/h4-17H,1-3H3. The van der Waals surface area contributed by atoms with E-state index in [1.165, 1.54) is 45.3 Å². The van der Waals surface area contributed by atoms with Gasteiger partial charge < -0.3 is 9.47 Å². The first kappa shape index (κ1) is 23.0. The lowest BCUT2D eigenvalue weighted by Crippen LogP contribution is -2.26. The average molecular weight is 454 g/mol. The van der Waals surface area contributed by atoms with Crippen molar-refractivity contribution < 1.29 is 27.5 Å². The lowest BCUT2D eigenvalue weighted by Gasteiger charge is -2.19. The Bertz CT molecular complexity index is 1190. The molecule has 166 valence electrons. The predicted octanol–water partition coefficient (Wildman–Crippen LogP) is 3.95.